The summed E-state index contributed by atoms with van der Waals surface area (Å²) in [4.78, 5) is 0.678. The van der Waals surface area contributed by atoms with E-state index in [-0.39, 0.29) is 5.82 Å². The number of aromatic nitrogens is 4. The van der Waals surface area contributed by atoms with Crippen LogP contribution in [0.25, 0.3) is 28.5 Å². The summed E-state index contributed by atoms with van der Waals surface area (Å²) < 4.78 is 15.0. The van der Waals surface area contributed by atoms with Crippen molar-refractivity contribution in [3.8, 4) is 11.4 Å². The predicted octanol–water partition coefficient (Wildman–Crippen LogP) is 4.16. The van der Waals surface area contributed by atoms with Crippen LogP contribution in [0, 0.1) is 5.82 Å². The zero-order valence-corrected chi connectivity index (χ0v) is 12.7. The Morgan fingerprint density at radius 2 is 1.83 bits per heavy atom. The summed E-state index contributed by atoms with van der Waals surface area (Å²) in [6.07, 6.45) is 3.93. The first kappa shape index (κ1) is 13.8. The third-order valence-corrected chi connectivity index (χ3v) is 4.17. The Bertz CT molecular complexity index is 988. The Labute approximate surface area is 135 Å². The van der Waals surface area contributed by atoms with Gasteiger partial charge in [0.05, 0.1) is 0 Å². The summed E-state index contributed by atoms with van der Waals surface area (Å²) in [5.41, 5.74) is 1.75. The molecule has 23 heavy (non-hydrogen) atoms. The van der Waals surface area contributed by atoms with Gasteiger partial charge < -0.3 is 0 Å². The average Bonchev–Trinajstić information content (AvgIpc) is 3.14. The molecule has 0 radical (unpaired) electrons. The Morgan fingerprint density at radius 1 is 0.957 bits per heavy atom. The highest BCUT2D eigenvalue weighted by atomic mass is 32.1. The van der Waals surface area contributed by atoms with Gasteiger partial charge in [-0.1, -0.05) is 59.9 Å². The summed E-state index contributed by atoms with van der Waals surface area (Å²) in [6.45, 7) is 0. The van der Waals surface area contributed by atoms with E-state index in [0.717, 1.165) is 10.6 Å². The highest BCUT2D eigenvalue weighted by Gasteiger charge is 2.12. The lowest BCUT2D eigenvalue weighted by molar-refractivity contribution is 0.628. The van der Waals surface area contributed by atoms with E-state index in [2.05, 4.69) is 15.3 Å². The van der Waals surface area contributed by atoms with Gasteiger partial charge in [0.1, 0.15) is 10.8 Å². The summed E-state index contributed by atoms with van der Waals surface area (Å²) in [5.74, 6) is 0.230. The Kier molecular flexibility index (Phi) is 3.44. The molecule has 2 aromatic carbocycles. The van der Waals surface area contributed by atoms with Gasteiger partial charge in [-0.2, -0.15) is 9.61 Å². The summed E-state index contributed by atoms with van der Waals surface area (Å²) in [7, 11) is 0. The standard InChI is InChI=1S/C17H11FN4S/c18-14-8-4-7-13(11-14)16-19-20-17-22(16)21-15(23-17)10-9-12-5-2-1-3-6-12/h1-11H. The maximum Gasteiger partial charge on any atom is 0.235 e. The lowest BCUT2D eigenvalue weighted by Gasteiger charge is -1.96. The first-order valence-electron chi connectivity index (χ1n) is 7.01. The van der Waals surface area contributed by atoms with Gasteiger partial charge in [0.2, 0.25) is 4.96 Å². The lowest BCUT2D eigenvalue weighted by Crippen LogP contribution is -1.91. The van der Waals surface area contributed by atoms with E-state index >= 15 is 0 Å². The molecule has 0 aliphatic heterocycles. The smallest absolute Gasteiger partial charge is 0.207 e. The Morgan fingerprint density at radius 3 is 2.65 bits per heavy atom. The molecule has 112 valence electrons. The van der Waals surface area contributed by atoms with Gasteiger partial charge in [0.15, 0.2) is 5.82 Å². The largest absolute Gasteiger partial charge is 0.235 e. The van der Waals surface area contributed by atoms with Crippen LogP contribution in [0.4, 0.5) is 4.39 Å². The number of rotatable bonds is 3. The van der Waals surface area contributed by atoms with Gasteiger partial charge in [-0.15, -0.1) is 10.2 Å². The fourth-order valence-corrected chi connectivity index (χ4v) is 2.98. The molecule has 0 bridgehead atoms. The molecule has 0 atom stereocenters. The minimum atomic E-state index is -0.307. The van der Waals surface area contributed by atoms with Crippen LogP contribution in [-0.2, 0) is 0 Å². The first-order valence-corrected chi connectivity index (χ1v) is 7.82. The fourth-order valence-electron chi connectivity index (χ4n) is 2.24. The molecular weight excluding hydrogens is 311 g/mol. The minimum Gasteiger partial charge on any atom is -0.207 e. The molecule has 0 saturated heterocycles. The lowest BCUT2D eigenvalue weighted by atomic mass is 10.2. The number of hydrogen-bond donors (Lipinski definition) is 0. The highest BCUT2D eigenvalue weighted by Crippen LogP contribution is 2.23. The molecule has 0 saturated carbocycles. The van der Waals surface area contributed by atoms with Crippen LogP contribution in [0.1, 0.15) is 10.6 Å². The summed E-state index contributed by atoms with van der Waals surface area (Å²) >= 11 is 1.43. The van der Waals surface area contributed by atoms with Gasteiger partial charge in [-0.25, -0.2) is 4.39 Å². The maximum atomic E-state index is 13.4. The normalized spacial score (nSPS) is 11.5. The van der Waals surface area contributed by atoms with Crippen molar-refractivity contribution in [3.05, 3.63) is 71.0 Å². The van der Waals surface area contributed by atoms with E-state index in [9.17, 15) is 4.39 Å². The molecule has 0 unspecified atom stereocenters. The van der Waals surface area contributed by atoms with Gasteiger partial charge in [0.25, 0.3) is 0 Å². The van der Waals surface area contributed by atoms with Crippen LogP contribution >= 0.6 is 11.3 Å². The van der Waals surface area contributed by atoms with E-state index in [1.807, 2.05) is 42.5 Å². The molecule has 0 aliphatic carbocycles. The molecule has 6 heteroatoms. The fraction of sp³-hybridized carbons (Fsp3) is 0. The highest BCUT2D eigenvalue weighted by molar-refractivity contribution is 7.17. The van der Waals surface area contributed by atoms with Crippen LogP contribution in [-0.4, -0.2) is 19.8 Å². The zero-order valence-electron chi connectivity index (χ0n) is 11.9. The van der Waals surface area contributed by atoms with Crippen LogP contribution in [0.5, 0.6) is 0 Å². The summed E-state index contributed by atoms with van der Waals surface area (Å²) in [6, 6.07) is 16.3. The van der Waals surface area contributed by atoms with Crippen LogP contribution in [0.15, 0.2) is 54.6 Å². The number of benzene rings is 2. The zero-order chi connectivity index (χ0) is 15.6. The number of halogens is 1. The second kappa shape index (κ2) is 5.73. The van der Waals surface area contributed by atoms with Gasteiger partial charge in [-0.05, 0) is 23.8 Å². The second-order valence-electron chi connectivity index (χ2n) is 4.91. The molecule has 0 aliphatic rings. The number of nitrogens with zero attached hydrogens (tertiary/aromatic N) is 4. The van der Waals surface area contributed by atoms with Crippen molar-refractivity contribution in [2.75, 3.05) is 0 Å². The SMILES string of the molecule is Fc1cccc(-c2nnc3sc(C=Cc4ccccc4)nn23)c1. The monoisotopic (exact) mass is 322 g/mol. The minimum absolute atomic E-state index is 0.307. The van der Waals surface area contributed by atoms with Crippen LogP contribution in [0.2, 0.25) is 0 Å². The van der Waals surface area contributed by atoms with Crippen molar-refractivity contribution in [1.82, 2.24) is 19.8 Å². The van der Waals surface area contributed by atoms with Crippen molar-refractivity contribution in [2.24, 2.45) is 0 Å². The van der Waals surface area contributed by atoms with E-state index < -0.39 is 0 Å². The molecule has 4 rings (SSSR count). The number of hydrogen-bond acceptors (Lipinski definition) is 4. The molecule has 4 nitrogen and oxygen atoms in total. The molecule has 0 N–H and O–H groups in total. The van der Waals surface area contributed by atoms with Crippen molar-refractivity contribution >= 4 is 28.4 Å². The summed E-state index contributed by atoms with van der Waals surface area (Å²) in [5, 5.41) is 13.5. The maximum absolute atomic E-state index is 13.4. The molecule has 0 amide bonds. The molecule has 2 heterocycles. The third-order valence-electron chi connectivity index (χ3n) is 3.31. The van der Waals surface area contributed by atoms with Crippen molar-refractivity contribution < 1.29 is 4.39 Å². The van der Waals surface area contributed by atoms with Crippen molar-refractivity contribution in [3.63, 3.8) is 0 Å². The van der Waals surface area contributed by atoms with Gasteiger partial charge >= 0.3 is 0 Å². The first-order chi connectivity index (χ1) is 11.3. The third kappa shape index (κ3) is 2.76. The Hall–Kier alpha value is -2.86. The van der Waals surface area contributed by atoms with Crippen molar-refractivity contribution in [1.29, 1.82) is 0 Å². The topological polar surface area (TPSA) is 43.1 Å². The Balaban J connectivity index is 1.71. The molecule has 2 aromatic heterocycles. The van der Waals surface area contributed by atoms with Gasteiger partial charge in [0, 0.05) is 5.56 Å². The molecule has 0 fully saturated rings. The molecule has 4 aromatic rings. The van der Waals surface area contributed by atoms with E-state index in [1.165, 1.54) is 23.5 Å². The molecule has 0 spiro atoms. The average molecular weight is 322 g/mol. The van der Waals surface area contributed by atoms with E-state index in [1.54, 1.807) is 16.6 Å². The second-order valence-corrected chi connectivity index (χ2v) is 5.90. The van der Waals surface area contributed by atoms with E-state index in [4.69, 9.17) is 0 Å². The van der Waals surface area contributed by atoms with Gasteiger partial charge in [-0.3, -0.25) is 0 Å². The molecular formula is C17H11FN4S. The van der Waals surface area contributed by atoms with E-state index in [0.29, 0.717) is 16.3 Å². The van der Waals surface area contributed by atoms with Crippen LogP contribution < -0.4 is 0 Å². The van der Waals surface area contributed by atoms with Crippen LogP contribution in [0.3, 0.4) is 0 Å². The quantitative estimate of drug-likeness (QED) is 0.569. The predicted molar refractivity (Wildman–Crippen MR) is 89.4 cm³/mol. The number of fused-ring (bicyclic) bond motifs is 1. The van der Waals surface area contributed by atoms with Crippen molar-refractivity contribution in [2.45, 2.75) is 0 Å².